The van der Waals surface area contributed by atoms with E-state index in [1.165, 1.54) is 5.57 Å². The van der Waals surface area contributed by atoms with Gasteiger partial charge in [-0.1, -0.05) is 0 Å². The second-order valence-corrected chi connectivity index (χ2v) is 2.78. The normalized spacial score (nSPS) is 24.6. The van der Waals surface area contributed by atoms with Crippen LogP contribution in [0.1, 0.15) is 19.3 Å². The van der Waals surface area contributed by atoms with Gasteiger partial charge in [0.2, 0.25) is 0 Å². The van der Waals surface area contributed by atoms with Crippen LogP contribution < -0.4 is 10.9 Å². The van der Waals surface area contributed by atoms with E-state index in [0.717, 1.165) is 25.1 Å². The zero-order chi connectivity index (χ0) is 6.97. The summed E-state index contributed by atoms with van der Waals surface area (Å²) in [7, 11) is 0. The highest BCUT2D eigenvalue weighted by molar-refractivity contribution is 5.82. The van der Waals surface area contributed by atoms with Gasteiger partial charge < -0.3 is 5.43 Å². The molecule has 10 heavy (non-hydrogen) atoms. The molecule has 0 amide bonds. The molecule has 54 valence electrons. The molecular weight excluding hydrogens is 128 g/mol. The number of ketones is 1. The van der Waals surface area contributed by atoms with Crippen molar-refractivity contribution < 1.29 is 4.79 Å². The minimum Gasteiger partial charge on any atom is -0.325 e. The maximum Gasteiger partial charge on any atom is 0.139 e. The van der Waals surface area contributed by atoms with Gasteiger partial charge in [-0.3, -0.25) is 4.79 Å². The Morgan fingerprint density at radius 1 is 1.30 bits per heavy atom. The van der Waals surface area contributed by atoms with Crippen LogP contribution in [0.5, 0.6) is 0 Å². The Hall–Kier alpha value is -0.830. The lowest BCUT2D eigenvalue weighted by Crippen LogP contribution is -2.24. The molecule has 3 nitrogen and oxygen atoms in total. The van der Waals surface area contributed by atoms with Crippen molar-refractivity contribution in [2.75, 3.05) is 6.54 Å². The zero-order valence-corrected chi connectivity index (χ0v) is 5.74. The molecule has 1 aliphatic carbocycles. The van der Waals surface area contributed by atoms with Crippen molar-refractivity contribution in [3.8, 4) is 0 Å². The van der Waals surface area contributed by atoms with Crippen molar-refractivity contribution in [2.24, 2.45) is 0 Å². The maximum absolute atomic E-state index is 10.9. The first kappa shape index (κ1) is 5.92. The molecule has 2 rings (SSSR count). The molecule has 0 unspecified atom stereocenters. The van der Waals surface area contributed by atoms with Gasteiger partial charge in [-0.15, -0.1) is 0 Å². The van der Waals surface area contributed by atoms with Crippen molar-refractivity contribution in [3.63, 3.8) is 0 Å². The predicted molar refractivity (Wildman–Crippen MR) is 37.0 cm³/mol. The third-order valence-corrected chi connectivity index (χ3v) is 2.05. The van der Waals surface area contributed by atoms with Crippen LogP contribution >= 0.6 is 0 Å². The summed E-state index contributed by atoms with van der Waals surface area (Å²) in [5.74, 6) is 0.356. The summed E-state index contributed by atoms with van der Waals surface area (Å²) in [5.41, 5.74) is 8.52. The lowest BCUT2D eigenvalue weighted by Gasteiger charge is -2.10. The number of Topliss-reactive ketones (excluding diaryl/α,β-unsaturated/α-hetero) is 1. The predicted octanol–water partition coefficient (Wildman–Crippen LogP) is 0.101. The Kier molecular flexibility index (Phi) is 1.24. The summed E-state index contributed by atoms with van der Waals surface area (Å²) in [6, 6.07) is 0. The molecule has 0 aromatic heterocycles. The van der Waals surface area contributed by atoms with Crippen LogP contribution in [0, 0.1) is 0 Å². The Balaban J connectivity index is 2.21. The van der Waals surface area contributed by atoms with E-state index in [4.69, 9.17) is 0 Å². The van der Waals surface area contributed by atoms with Crippen molar-refractivity contribution in [2.45, 2.75) is 19.3 Å². The number of hydrogen-bond donors (Lipinski definition) is 2. The summed E-state index contributed by atoms with van der Waals surface area (Å²) >= 11 is 0. The molecule has 0 fully saturated rings. The lowest BCUT2D eigenvalue weighted by atomic mass is 9.97. The van der Waals surface area contributed by atoms with Crippen LogP contribution in [0.15, 0.2) is 11.3 Å². The fourth-order valence-corrected chi connectivity index (χ4v) is 1.44. The molecule has 2 aliphatic rings. The van der Waals surface area contributed by atoms with Gasteiger partial charge in [0.05, 0.1) is 0 Å². The van der Waals surface area contributed by atoms with E-state index in [1.54, 1.807) is 0 Å². The fourth-order valence-electron chi connectivity index (χ4n) is 1.44. The Bertz CT molecular complexity index is 208. The average Bonchev–Trinajstić information content (AvgIpc) is 2.33. The van der Waals surface area contributed by atoms with Gasteiger partial charge in [0.15, 0.2) is 0 Å². The molecule has 2 N–H and O–H groups in total. The monoisotopic (exact) mass is 138 g/mol. The molecule has 0 aromatic rings. The zero-order valence-electron chi connectivity index (χ0n) is 5.74. The number of hydrogen-bond acceptors (Lipinski definition) is 3. The van der Waals surface area contributed by atoms with Crippen LogP contribution in [-0.2, 0) is 4.79 Å². The maximum atomic E-state index is 10.9. The first-order chi connectivity index (χ1) is 4.86. The second kappa shape index (κ2) is 2.09. The summed E-state index contributed by atoms with van der Waals surface area (Å²) < 4.78 is 0. The summed E-state index contributed by atoms with van der Waals surface area (Å²) in [6.07, 6.45) is 2.30. The molecular formula is C7H10N2O. The minimum absolute atomic E-state index is 0.356. The van der Waals surface area contributed by atoms with Crippen molar-refractivity contribution in [1.29, 1.82) is 0 Å². The third-order valence-electron chi connectivity index (χ3n) is 2.05. The molecule has 0 aromatic carbocycles. The standard InChI is InChI=1S/C7H10N2O/c10-6-2-1-5-4-8-9-7(5)3-6/h8-9H,1-4H2. The van der Waals surface area contributed by atoms with E-state index in [0.29, 0.717) is 12.2 Å². The smallest absolute Gasteiger partial charge is 0.139 e. The molecule has 3 heteroatoms. The fraction of sp³-hybridized carbons (Fsp3) is 0.571. The number of allylic oxidation sites excluding steroid dienone is 1. The van der Waals surface area contributed by atoms with E-state index in [2.05, 4.69) is 10.9 Å². The third kappa shape index (κ3) is 0.827. The first-order valence-corrected chi connectivity index (χ1v) is 3.58. The summed E-state index contributed by atoms with van der Waals surface area (Å²) in [4.78, 5) is 10.9. The van der Waals surface area contributed by atoms with Crippen LogP contribution in [0.25, 0.3) is 0 Å². The van der Waals surface area contributed by atoms with Crippen LogP contribution in [-0.4, -0.2) is 12.3 Å². The molecule has 1 heterocycles. The largest absolute Gasteiger partial charge is 0.325 e. The van der Waals surface area contributed by atoms with Gasteiger partial charge in [-0.25, -0.2) is 5.43 Å². The highest BCUT2D eigenvalue weighted by Crippen LogP contribution is 2.21. The molecule has 0 saturated carbocycles. The molecule has 0 atom stereocenters. The SMILES string of the molecule is O=C1CCC2=C(C1)NNC2. The molecule has 0 radical (unpaired) electrons. The Labute approximate surface area is 59.5 Å². The number of nitrogens with one attached hydrogen (secondary N) is 2. The quantitative estimate of drug-likeness (QED) is 0.499. The van der Waals surface area contributed by atoms with Crippen molar-refractivity contribution >= 4 is 5.78 Å². The van der Waals surface area contributed by atoms with Gasteiger partial charge in [0.25, 0.3) is 0 Å². The Morgan fingerprint density at radius 3 is 3.10 bits per heavy atom. The van der Waals surface area contributed by atoms with Gasteiger partial charge in [-0.2, -0.15) is 0 Å². The number of carbonyl (C=O) groups excluding carboxylic acids is 1. The summed E-state index contributed by atoms with van der Waals surface area (Å²) in [6.45, 7) is 0.919. The average molecular weight is 138 g/mol. The highest BCUT2D eigenvalue weighted by atomic mass is 16.1. The minimum atomic E-state index is 0.356. The number of rotatable bonds is 0. The first-order valence-electron chi connectivity index (χ1n) is 3.58. The van der Waals surface area contributed by atoms with Gasteiger partial charge in [0.1, 0.15) is 5.78 Å². The van der Waals surface area contributed by atoms with E-state index < -0.39 is 0 Å². The van der Waals surface area contributed by atoms with Crippen LogP contribution in [0.4, 0.5) is 0 Å². The lowest BCUT2D eigenvalue weighted by molar-refractivity contribution is -0.118. The summed E-state index contributed by atoms with van der Waals surface area (Å²) in [5, 5.41) is 0. The van der Waals surface area contributed by atoms with E-state index >= 15 is 0 Å². The topological polar surface area (TPSA) is 41.1 Å². The van der Waals surface area contributed by atoms with E-state index in [9.17, 15) is 4.79 Å². The molecule has 0 spiro atoms. The molecule has 0 saturated heterocycles. The Morgan fingerprint density at radius 2 is 2.20 bits per heavy atom. The van der Waals surface area contributed by atoms with Gasteiger partial charge >= 0.3 is 0 Å². The van der Waals surface area contributed by atoms with Crippen molar-refractivity contribution in [3.05, 3.63) is 11.3 Å². The van der Waals surface area contributed by atoms with Crippen LogP contribution in [0.2, 0.25) is 0 Å². The number of hydrazine groups is 1. The highest BCUT2D eigenvalue weighted by Gasteiger charge is 2.21. The molecule has 1 aliphatic heterocycles. The van der Waals surface area contributed by atoms with E-state index in [1.807, 2.05) is 0 Å². The van der Waals surface area contributed by atoms with Gasteiger partial charge in [-0.05, 0) is 12.0 Å². The number of carbonyl (C=O) groups is 1. The van der Waals surface area contributed by atoms with Crippen molar-refractivity contribution in [1.82, 2.24) is 10.9 Å². The van der Waals surface area contributed by atoms with Gasteiger partial charge in [0, 0.05) is 25.1 Å². The molecule has 0 bridgehead atoms. The van der Waals surface area contributed by atoms with Crippen LogP contribution in [0.3, 0.4) is 0 Å². The second-order valence-electron chi connectivity index (χ2n) is 2.78. The van der Waals surface area contributed by atoms with E-state index in [-0.39, 0.29) is 0 Å².